The summed E-state index contributed by atoms with van der Waals surface area (Å²) in [6.45, 7) is 3.83. The number of ether oxygens (including phenoxy) is 1. The normalized spacial score (nSPS) is 10.9. The third kappa shape index (κ3) is 3.20. The van der Waals surface area contributed by atoms with E-state index in [0.717, 1.165) is 0 Å². The number of pyridine rings is 1. The molecule has 0 saturated heterocycles. The molecule has 0 aliphatic carbocycles. The SMILES string of the molecule is CC(C)Oc1ncc(Nc2ncnc3ccc(Cl)nc23)cn1. The summed E-state index contributed by atoms with van der Waals surface area (Å²) < 4.78 is 5.40. The highest BCUT2D eigenvalue weighted by Crippen LogP contribution is 2.22. The average Bonchev–Trinajstić information content (AvgIpc) is 2.49. The Morgan fingerprint density at radius 1 is 1.09 bits per heavy atom. The van der Waals surface area contributed by atoms with Crippen molar-refractivity contribution in [2.45, 2.75) is 20.0 Å². The van der Waals surface area contributed by atoms with Gasteiger partial charge in [-0.05, 0) is 26.0 Å². The van der Waals surface area contributed by atoms with Crippen LogP contribution < -0.4 is 10.1 Å². The third-order valence-corrected chi connectivity index (χ3v) is 2.89. The number of anilines is 2. The predicted molar refractivity (Wildman–Crippen MR) is 83.4 cm³/mol. The Labute approximate surface area is 131 Å². The molecule has 0 bridgehead atoms. The number of aromatic nitrogens is 5. The molecule has 0 spiro atoms. The van der Waals surface area contributed by atoms with Crippen LogP contribution in [0.1, 0.15) is 13.8 Å². The Hall–Kier alpha value is -2.54. The summed E-state index contributed by atoms with van der Waals surface area (Å²) in [6.07, 6.45) is 4.71. The maximum absolute atomic E-state index is 5.93. The Morgan fingerprint density at radius 3 is 2.59 bits per heavy atom. The molecule has 0 atom stereocenters. The minimum atomic E-state index is 0.0240. The number of rotatable bonds is 4. The van der Waals surface area contributed by atoms with E-state index >= 15 is 0 Å². The van der Waals surface area contributed by atoms with Crippen molar-refractivity contribution in [1.82, 2.24) is 24.9 Å². The smallest absolute Gasteiger partial charge is 0.316 e. The van der Waals surface area contributed by atoms with Crippen LogP contribution in [-0.4, -0.2) is 31.0 Å². The minimum absolute atomic E-state index is 0.0240. The van der Waals surface area contributed by atoms with Gasteiger partial charge in [0.15, 0.2) is 5.82 Å². The quantitative estimate of drug-likeness (QED) is 0.740. The molecule has 8 heteroatoms. The fourth-order valence-electron chi connectivity index (χ4n) is 1.80. The van der Waals surface area contributed by atoms with E-state index in [1.165, 1.54) is 6.33 Å². The maximum Gasteiger partial charge on any atom is 0.316 e. The van der Waals surface area contributed by atoms with Gasteiger partial charge in [-0.2, -0.15) is 0 Å². The number of halogens is 1. The van der Waals surface area contributed by atoms with Crippen molar-refractivity contribution < 1.29 is 4.74 Å². The van der Waals surface area contributed by atoms with Crippen LogP contribution in [0.5, 0.6) is 6.01 Å². The van der Waals surface area contributed by atoms with Gasteiger partial charge in [0.05, 0.1) is 29.7 Å². The van der Waals surface area contributed by atoms with Gasteiger partial charge in [-0.1, -0.05) is 11.6 Å². The van der Waals surface area contributed by atoms with E-state index < -0.39 is 0 Å². The van der Waals surface area contributed by atoms with Crippen molar-refractivity contribution in [3.05, 3.63) is 36.0 Å². The Balaban J connectivity index is 1.88. The van der Waals surface area contributed by atoms with E-state index in [4.69, 9.17) is 16.3 Å². The third-order valence-electron chi connectivity index (χ3n) is 2.68. The van der Waals surface area contributed by atoms with Gasteiger partial charge < -0.3 is 10.1 Å². The molecule has 1 N–H and O–H groups in total. The van der Waals surface area contributed by atoms with Gasteiger partial charge in [0.1, 0.15) is 17.0 Å². The molecule has 112 valence electrons. The fourth-order valence-corrected chi connectivity index (χ4v) is 1.94. The lowest BCUT2D eigenvalue weighted by Gasteiger charge is -2.09. The van der Waals surface area contributed by atoms with Crippen LogP contribution in [0, 0.1) is 0 Å². The molecule has 0 saturated carbocycles. The first-order valence-corrected chi connectivity index (χ1v) is 7.02. The summed E-state index contributed by atoms with van der Waals surface area (Å²) in [5, 5.41) is 3.48. The first-order valence-electron chi connectivity index (χ1n) is 6.65. The van der Waals surface area contributed by atoms with E-state index in [2.05, 4.69) is 30.2 Å². The van der Waals surface area contributed by atoms with Crippen LogP contribution in [0.2, 0.25) is 5.15 Å². The minimum Gasteiger partial charge on any atom is -0.461 e. The second kappa shape index (κ2) is 6.07. The first-order chi connectivity index (χ1) is 10.6. The van der Waals surface area contributed by atoms with Crippen molar-refractivity contribution in [2.24, 2.45) is 0 Å². The molecule has 3 rings (SSSR count). The standard InChI is InChI=1S/C14H13ClN6O/c1-8(2)22-14-16-5-9(6-17-14)20-13-12-10(18-7-19-13)3-4-11(15)21-12/h3-8H,1-2H3,(H,18,19,20). The number of hydrogen-bond acceptors (Lipinski definition) is 7. The molecule has 3 aromatic rings. The zero-order valence-electron chi connectivity index (χ0n) is 12.0. The van der Waals surface area contributed by atoms with Crippen LogP contribution in [0.15, 0.2) is 30.9 Å². The largest absolute Gasteiger partial charge is 0.461 e. The van der Waals surface area contributed by atoms with Gasteiger partial charge in [-0.25, -0.2) is 24.9 Å². The van der Waals surface area contributed by atoms with Gasteiger partial charge in [0, 0.05) is 0 Å². The molecular weight excluding hydrogens is 304 g/mol. The number of nitrogens with zero attached hydrogens (tertiary/aromatic N) is 5. The molecule has 3 aromatic heterocycles. The van der Waals surface area contributed by atoms with Crippen molar-refractivity contribution in [2.75, 3.05) is 5.32 Å². The van der Waals surface area contributed by atoms with Crippen LogP contribution in [-0.2, 0) is 0 Å². The summed E-state index contributed by atoms with van der Waals surface area (Å²) >= 11 is 5.93. The maximum atomic E-state index is 5.93. The van der Waals surface area contributed by atoms with Crippen LogP contribution in [0.25, 0.3) is 11.0 Å². The second-order valence-electron chi connectivity index (χ2n) is 4.77. The molecule has 0 aromatic carbocycles. The zero-order chi connectivity index (χ0) is 15.5. The summed E-state index contributed by atoms with van der Waals surface area (Å²) in [4.78, 5) is 20.8. The molecule has 7 nitrogen and oxygen atoms in total. The zero-order valence-corrected chi connectivity index (χ0v) is 12.7. The molecule has 0 radical (unpaired) electrons. The van der Waals surface area contributed by atoms with Crippen LogP contribution >= 0.6 is 11.6 Å². The van der Waals surface area contributed by atoms with Crippen LogP contribution in [0.3, 0.4) is 0 Å². The van der Waals surface area contributed by atoms with Crippen molar-refractivity contribution in [1.29, 1.82) is 0 Å². The molecule has 22 heavy (non-hydrogen) atoms. The Morgan fingerprint density at radius 2 is 1.86 bits per heavy atom. The van der Waals surface area contributed by atoms with Gasteiger partial charge in [0.2, 0.25) is 0 Å². The molecule has 0 amide bonds. The van der Waals surface area contributed by atoms with E-state index in [1.807, 2.05) is 13.8 Å². The number of fused-ring (bicyclic) bond motifs is 1. The molecule has 0 fully saturated rings. The van der Waals surface area contributed by atoms with E-state index in [1.54, 1.807) is 24.5 Å². The van der Waals surface area contributed by atoms with Crippen molar-refractivity contribution >= 4 is 34.1 Å². The van der Waals surface area contributed by atoms with Gasteiger partial charge >= 0.3 is 6.01 Å². The van der Waals surface area contributed by atoms with Crippen LogP contribution in [0.4, 0.5) is 11.5 Å². The molecule has 0 aliphatic heterocycles. The molecule has 0 unspecified atom stereocenters. The molecule has 3 heterocycles. The summed E-state index contributed by atoms with van der Waals surface area (Å²) in [6, 6.07) is 3.80. The van der Waals surface area contributed by atoms with Gasteiger partial charge in [-0.3, -0.25) is 0 Å². The Bertz CT molecular complexity index is 793. The summed E-state index contributed by atoms with van der Waals surface area (Å²) in [7, 11) is 0. The highest BCUT2D eigenvalue weighted by molar-refractivity contribution is 6.29. The van der Waals surface area contributed by atoms with E-state index in [9.17, 15) is 0 Å². The number of nitrogens with one attached hydrogen (secondary N) is 1. The highest BCUT2D eigenvalue weighted by Gasteiger charge is 2.07. The summed E-state index contributed by atoms with van der Waals surface area (Å²) in [5.41, 5.74) is 1.94. The second-order valence-corrected chi connectivity index (χ2v) is 5.16. The van der Waals surface area contributed by atoms with Gasteiger partial charge in [-0.15, -0.1) is 0 Å². The Kier molecular flexibility index (Phi) is 3.97. The molecular formula is C14H13ClN6O. The first kappa shape index (κ1) is 14.4. The topological polar surface area (TPSA) is 85.7 Å². The lowest BCUT2D eigenvalue weighted by atomic mass is 10.3. The number of hydrogen-bond donors (Lipinski definition) is 1. The van der Waals surface area contributed by atoms with Crippen molar-refractivity contribution in [3.63, 3.8) is 0 Å². The summed E-state index contributed by atoms with van der Waals surface area (Å²) in [5.74, 6) is 0.536. The highest BCUT2D eigenvalue weighted by atomic mass is 35.5. The predicted octanol–water partition coefficient (Wildman–Crippen LogP) is 3.00. The van der Waals surface area contributed by atoms with Crippen molar-refractivity contribution in [3.8, 4) is 6.01 Å². The molecule has 0 aliphatic rings. The van der Waals surface area contributed by atoms with Gasteiger partial charge in [0.25, 0.3) is 0 Å². The fraction of sp³-hybridized carbons (Fsp3) is 0.214. The monoisotopic (exact) mass is 316 g/mol. The lowest BCUT2D eigenvalue weighted by Crippen LogP contribution is -2.08. The average molecular weight is 317 g/mol. The lowest BCUT2D eigenvalue weighted by molar-refractivity contribution is 0.222. The van der Waals surface area contributed by atoms with E-state index in [0.29, 0.717) is 33.7 Å². The van der Waals surface area contributed by atoms with E-state index in [-0.39, 0.29) is 6.10 Å².